The average Bonchev–Trinajstić information content (AvgIpc) is 2.54. The molecule has 21 heavy (non-hydrogen) atoms. The first-order valence-corrected chi connectivity index (χ1v) is 7.99. The summed E-state index contributed by atoms with van der Waals surface area (Å²) >= 11 is 0. The summed E-state index contributed by atoms with van der Waals surface area (Å²) in [5.41, 5.74) is 0.476. The molecular formula is C19H22O2. The highest BCUT2D eigenvalue weighted by molar-refractivity contribution is 6.04. The fraction of sp³-hybridized carbons (Fsp3) is 0.421. The van der Waals surface area contributed by atoms with Crippen LogP contribution in [0.5, 0.6) is 5.75 Å². The molecule has 2 aromatic rings. The maximum absolute atomic E-state index is 12.4. The second-order valence-electron chi connectivity index (χ2n) is 6.15. The van der Waals surface area contributed by atoms with E-state index in [4.69, 9.17) is 0 Å². The zero-order valence-corrected chi connectivity index (χ0v) is 12.3. The Bertz CT molecular complexity index is 639. The summed E-state index contributed by atoms with van der Waals surface area (Å²) in [5.74, 6) is 0.913. The van der Waals surface area contributed by atoms with Crippen molar-refractivity contribution in [3.8, 4) is 5.75 Å². The van der Waals surface area contributed by atoms with E-state index in [1.807, 2.05) is 30.3 Å². The lowest BCUT2D eigenvalue weighted by Crippen LogP contribution is -2.09. The molecule has 1 aliphatic carbocycles. The van der Waals surface area contributed by atoms with Crippen LogP contribution in [-0.2, 0) is 0 Å². The van der Waals surface area contributed by atoms with Crippen molar-refractivity contribution in [3.63, 3.8) is 0 Å². The largest absolute Gasteiger partial charge is 0.507 e. The molecule has 0 saturated heterocycles. The Labute approximate surface area is 125 Å². The molecule has 2 heteroatoms. The summed E-state index contributed by atoms with van der Waals surface area (Å²) < 4.78 is 0. The first-order valence-electron chi connectivity index (χ1n) is 7.99. The van der Waals surface area contributed by atoms with E-state index in [9.17, 15) is 9.90 Å². The van der Waals surface area contributed by atoms with Gasteiger partial charge in [-0.3, -0.25) is 4.79 Å². The molecule has 3 rings (SSSR count). The zero-order valence-electron chi connectivity index (χ0n) is 12.3. The van der Waals surface area contributed by atoms with E-state index in [2.05, 4.69) is 0 Å². The first-order chi connectivity index (χ1) is 10.3. The maximum atomic E-state index is 12.4. The number of fused-ring (bicyclic) bond motifs is 1. The third-order valence-corrected chi connectivity index (χ3v) is 4.71. The summed E-state index contributed by atoms with van der Waals surface area (Å²) in [6.45, 7) is 0. The minimum absolute atomic E-state index is 0.0730. The molecule has 0 amide bonds. The van der Waals surface area contributed by atoms with Gasteiger partial charge in [0.05, 0.1) is 5.56 Å². The molecule has 1 saturated carbocycles. The van der Waals surface area contributed by atoms with E-state index in [1.165, 1.54) is 32.1 Å². The number of hydrogen-bond acceptors (Lipinski definition) is 2. The van der Waals surface area contributed by atoms with Gasteiger partial charge in [-0.1, -0.05) is 62.4 Å². The van der Waals surface area contributed by atoms with Gasteiger partial charge in [-0.2, -0.15) is 0 Å². The van der Waals surface area contributed by atoms with Gasteiger partial charge in [-0.25, -0.2) is 0 Å². The number of carbonyl (C=O) groups is 1. The monoisotopic (exact) mass is 282 g/mol. The Hall–Kier alpha value is -1.83. The molecule has 1 aliphatic rings. The van der Waals surface area contributed by atoms with Gasteiger partial charge in [0.15, 0.2) is 5.78 Å². The first kappa shape index (κ1) is 14.1. The van der Waals surface area contributed by atoms with Crippen LogP contribution in [0.2, 0.25) is 0 Å². The molecule has 1 fully saturated rings. The fourth-order valence-electron chi connectivity index (χ4n) is 3.43. The van der Waals surface area contributed by atoms with Crippen molar-refractivity contribution in [1.82, 2.24) is 0 Å². The predicted molar refractivity (Wildman–Crippen MR) is 85.8 cm³/mol. The van der Waals surface area contributed by atoms with Gasteiger partial charge in [0.1, 0.15) is 5.75 Å². The number of phenols is 1. The summed E-state index contributed by atoms with van der Waals surface area (Å²) in [4.78, 5) is 12.4. The van der Waals surface area contributed by atoms with Crippen LogP contribution >= 0.6 is 0 Å². The van der Waals surface area contributed by atoms with Crippen molar-refractivity contribution < 1.29 is 9.90 Å². The molecule has 0 bridgehead atoms. The van der Waals surface area contributed by atoms with Crippen LogP contribution in [0, 0.1) is 5.92 Å². The lowest BCUT2D eigenvalue weighted by atomic mass is 9.85. The van der Waals surface area contributed by atoms with Crippen molar-refractivity contribution in [2.24, 2.45) is 5.92 Å². The molecule has 0 radical (unpaired) electrons. The Morgan fingerprint density at radius 2 is 1.81 bits per heavy atom. The van der Waals surface area contributed by atoms with Crippen LogP contribution < -0.4 is 0 Å². The number of phenolic OH excluding ortho intramolecular Hbond substituents is 1. The summed E-state index contributed by atoms with van der Waals surface area (Å²) in [6.07, 6.45) is 7.99. The predicted octanol–water partition coefficient (Wildman–Crippen LogP) is 5.09. The molecule has 2 nitrogen and oxygen atoms in total. The van der Waals surface area contributed by atoms with Crippen molar-refractivity contribution in [2.45, 2.75) is 44.9 Å². The number of hydrogen-bond donors (Lipinski definition) is 1. The highest BCUT2D eigenvalue weighted by Gasteiger charge is 2.18. The van der Waals surface area contributed by atoms with Crippen LogP contribution in [0.4, 0.5) is 0 Å². The Kier molecular flexibility index (Phi) is 4.23. The highest BCUT2D eigenvalue weighted by atomic mass is 16.3. The van der Waals surface area contributed by atoms with Crippen LogP contribution in [-0.4, -0.2) is 10.9 Å². The molecule has 0 atom stereocenters. The fourth-order valence-corrected chi connectivity index (χ4v) is 3.43. The third-order valence-electron chi connectivity index (χ3n) is 4.71. The van der Waals surface area contributed by atoms with Crippen molar-refractivity contribution >= 4 is 16.6 Å². The van der Waals surface area contributed by atoms with E-state index in [-0.39, 0.29) is 11.5 Å². The molecule has 2 aromatic carbocycles. The van der Waals surface area contributed by atoms with Gasteiger partial charge in [0.25, 0.3) is 0 Å². The molecular weight excluding hydrogens is 260 g/mol. The Morgan fingerprint density at radius 1 is 1.05 bits per heavy atom. The van der Waals surface area contributed by atoms with E-state index < -0.39 is 0 Å². The van der Waals surface area contributed by atoms with Crippen LogP contribution in [0.15, 0.2) is 36.4 Å². The normalized spacial score (nSPS) is 16.2. The van der Waals surface area contributed by atoms with E-state index in [0.717, 1.165) is 17.2 Å². The molecule has 0 spiro atoms. The number of aromatic hydroxyl groups is 1. The van der Waals surface area contributed by atoms with Crippen molar-refractivity contribution in [1.29, 1.82) is 0 Å². The summed E-state index contributed by atoms with van der Waals surface area (Å²) in [5, 5.41) is 12.1. The molecule has 0 heterocycles. The minimum atomic E-state index is 0.0730. The summed E-state index contributed by atoms with van der Waals surface area (Å²) in [6, 6.07) is 11.3. The quantitative estimate of drug-likeness (QED) is 0.793. The molecule has 1 N–H and O–H groups in total. The molecule has 0 aliphatic heterocycles. The number of carbonyl (C=O) groups excluding carboxylic acids is 1. The van der Waals surface area contributed by atoms with Crippen LogP contribution in [0.3, 0.4) is 0 Å². The topological polar surface area (TPSA) is 37.3 Å². The second-order valence-corrected chi connectivity index (χ2v) is 6.15. The standard InChI is InChI=1S/C19H22O2/c20-18(13-10-14-6-2-1-3-7-14)17-12-11-15-8-4-5-9-16(15)19(17)21/h4-5,8-9,11-12,14,21H,1-3,6-7,10,13H2. The van der Waals surface area contributed by atoms with Crippen LogP contribution in [0.1, 0.15) is 55.3 Å². The summed E-state index contributed by atoms with van der Waals surface area (Å²) in [7, 11) is 0. The number of ketones is 1. The van der Waals surface area contributed by atoms with E-state index in [1.54, 1.807) is 6.07 Å². The van der Waals surface area contributed by atoms with Gasteiger partial charge in [-0.05, 0) is 23.8 Å². The van der Waals surface area contributed by atoms with Crippen LogP contribution in [0.25, 0.3) is 10.8 Å². The van der Waals surface area contributed by atoms with Crippen molar-refractivity contribution in [3.05, 3.63) is 42.0 Å². The van der Waals surface area contributed by atoms with Gasteiger partial charge >= 0.3 is 0 Å². The highest BCUT2D eigenvalue weighted by Crippen LogP contribution is 2.31. The van der Waals surface area contributed by atoms with E-state index in [0.29, 0.717) is 17.9 Å². The number of rotatable bonds is 4. The maximum Gasteiger partial charge on any atom is 0.166 e. The number of Topliss-reactive ketones (excluding diaryl/α,β-unsaturated/α-hetero) is 1. The zero-order chi connectivity index (χ0) is 14.7. The van der Waals surface area contributed by atoms with Gasteiger partial charge < -0.3 is 5.11 Å². The van der Waals surface area contributed by atoms with Gasteiger partial charge in [-0.15, -0.1) is 0 Å². The van der Waals surface area contributed by atoms with Crippen molar-refractivity contribution in [2.75, 3.05) is 0 Å². The second kappa shape index (κ2) is 6.30. The Balaban J connectivity index is 1.73. The van der Waals surface area contributed by atoms with E-state index >= 15 is 0 Å². The molecule has 110 valence electrons. The molecule has 0 aromatic heterocycles. The Morgan fingerprint density at radius 3 is 2.62 bits per heavy atom. The smallest absolute Gasteiger partial charge is 0.166 e. The average molecular weight is 282 g/mol. The number of benzene rings is 2. The molecule has 0 unspecified atom stereocenters. The minimum Gasteiger partial charge on any atom is -0.507 e. The lowest BCUT2D eigenvalue weighted by Gasteiger charge is -2.21. The SMILES string of the molecule is O=C(CCC1CCCCC1)c1ccc2ccccc2c1O. The third kappa shape index (κ3) is 3.10. The van der Waals surface area contributed by atoms with Gasteiger partial charge in [0, 0.05) is 11.8 Å². The lowest BCUT2D eigenvalue weighted by molar-refractivity contribution is 0.0968. The van der Waals surface area contributed by atoms with Gasteiger partial charge in [0.2, 0.25) is 0 Å².